The lowest BCUT2D eigenvalue weighted by Crippen LogP contribution is -2.44. The van der Waals surface area contributed by atoms with E-state index in [4.69, 9.17) is 0 Å². The van der Waals surface area contributed by atoms with Crippen molar-refractivity contribution in [3.05, 3.63) is 65.9 Å². The van der Waals surface area contributed by atoms with Gasteiger partial charge >= 0.3 is 0 Å². The average Bonchev–Trinajstić information content (AvgIpc) is 2.81. The Morgan fingerprint density at radius 2 is 1.67 bits per heavy atom. The Kier molecular flexibility index (Phi) is 2.69. The van der Waals surface area contributed by atoms with Gasteiger partial charge in [-0.2, -0.15) is 0 Å². The summed E-state index contributed by atoms with van der Waals surface area (Å²) in [4.78, 5) is 0. The van der Waals surface area contributed by atoms with Crippen LogP contribution in [-0.4, -0.2) is 10.1 Å². The maximum absolute atomic E-state index is 3.66. The molecule has 2 aromatic carbocycles. The normalized spacial score (nSPS) is 16.9. The molecule has 21 heavy (non-hydrogen) atoms. The molecule has 1 N–H and O–H groups in total. The van der Waals surface area contributed by atoms with Gasteiger partial charge in [-0.25, -0.2) is 0 Å². The molecule has 1 aromatic heterocycles. The van der Waals surface area contributed by atoms with Crippen LogP contribution in [0.2, 0.25) is 0 Å². The van der Waals surface area contributed by atoms with Gasteiger partial charge in [0.15, 0.2) is 0 Å². The van der Waals surface area contributed by atoms with Crippen LogP contribution >= 0.6 is 0 Å². The second-order valence-electron chi connectivity index (χ2n) is 6.53. The molecule has 0 saturated heterocycles. The Bertz CT molecular complexity index is 797. The summed E-state index contributed by atoms with van der Waals surface area (Å²) >= 11 is 0. The number of hydrogen-bond acceptors (Lipinski definition) is 1. The molecule has 1 aliphatic heterocycles. The molecule has 2 nitrogen and oxygen atoms in total. The fraction of sp³-hybridized carbons (Fsp3) is 0.263. The SMILES string of the molecule is CC1(C)Cc2c(n(-c3ccccc3)c3ccccc23)CN1. The third-order valence-electron chi connectivity index (χ3n) is 4.46. The maximum Gasteiger partial charge on any atom is 0.0534 e. The number of rotatable bonds is 1. The third-order valence-corrected chi connectivity index (χ3v) is 4.46. The number of fused-ring (bicyclic) bond motifs is 3. The molecule has 106 valence electrons. The molecule has 0 spiro atoms. The first-order chi connectivity index (χ1) is 10.2. The number of nitrogens with one attached hydrogen (secondary N) is 1. The standard InChI is InChI=1S/C19H20N2/c1-19(2)12-16-15-10-6-7-11-17(15)21(18(16)13-20-19)14-8-4-3-5-9-14/h3-11,20H,12-13H2,1-2H3. The first-order valence-corrected chi connectivity index (χ1v) is 7.57. The summed E-state index contributed by atoms with van der Waals surface area (Å²) < 4.78 is 2.41. The zero-order chi connectivity index (χ0) is 14.4. The van der Waals surface area contributed by atoms with Gasteiger partial charge < -0.3 is 9.88 Å². The summed E-state index contributed by atoms with van der Waals surface area (Å²) in [7, 11) is 0. The topological polar surface area (TPSA) is 17.0 Å². The summed E-state index contributed by atoms with van der Waals surface area (Å²) in [5, 5.41) is 5.06. The van der Waals surface area contributed by atoms with E-state index in [-0.39, 0.29) is 5.54 Å². The molecule has 1 aliphatic rings. The van der Waals surface area contributed by atoms with Crippen LogP contribution in [-0.2, 0) is 13.0 Å². The van der Waals surface area contributed by atoms with Gasteiger partial charge in [0.05, 0.1) is 5.52 Å². The van der Waals surface area contributed by atoms with Crippen molar-refractivity contribution in [3.63, 3.8) is 0 Å². The summed E-state index contributed by atoms with van der Waals surface area (Å²) in [6, 6.07) is 19.4. The van der Waals surface area contributed by atoms with E-state index in [1.807, 2.05) is 0 Å². The monoisotopic (exact) mass is 276 g/mol. The average molecular weight is 276 g/mol. The predicted molar refractivity (Wildman–Crippen MR) is 87.9 cm³/mol. The van der Waals surface area contributed by atoms with E-state index in [9.17, 15) is 0 Å². The van der Waals surface area contributed by atoms with Gasteiger partial charge in [0.1, 0.15) is 0 Å². The molecular weight excluding hydrogens is 256 g/mol. The Hall–Kier alpha value is -2.06. The highest BCUT2D eigenvalue weighted by atomic mass is 15.1. The highest BCUT2D eigenvalue weighted by molar-refractivity contribution is 5.87. The van der Waals surface area contributed by atoms with Crippen LogP contribution in [0.5, 0.6) is 0 Å². The van der Waals surface area contributed by atoms with Crippen LogP contribution in [0.25, 0.3) is 16.6 Å². The predicted octanol–water partition coefficient (Wildman–Crippen LogP) is 4.05. The van der Waals surface area contributed by atoms with Crippen molar-refractivity contribution in [1.29, 1.82) is 0 Å². The summed E-state index contributed by atoms with van der Waals surface area (Å²) in [6.07, 6.45) is 1.07. The van der Waals surface area contributed by atoms with Crippen LogP contribution < -0.4 is 5.32 Å². The van der Waals surface area contributed by atoms with E-state index in [0.717, 1.165) is 13.0 Å². The Morgan fingerprint density at radius 1 is 0.952 bits per heavy atom. The number of para-hydroxylation sites is 2. The Balaban J connectivity index is 2.04. The molecule has 0 fully saturated rings. The molecule has 0 amide bonds. The van der Waals surface area contributed by atoms with Crippen molar-refractivity contribution in [2.24, 2.45) is 0 Å². The van der Waals surface area contributed by atoms with Crippen LogP contribution in [0.1, 0.15) is 25.1 Å². The lowest BCUT2D eigenvalue weighted by atomic mass is 9.89. The molecule has 0 unspecified atom stereocenters. The summed E-state index contributed by atoms with van der Waals surface area (Å²) in [5.74, 6) is 0. The molecule has 2 heterocycles. The highest BCUT2D eigenvalue weighted by Crippen LogP contribution is 2.34. The highest BCUT2D eigenvalue weighted by Gasteiger charge is 2.29. The summed E-state index contributed by atoms with van der Waals surface area (Å²) in [5.41, 5.74) is 5.63. The second-order valence-corrected chi connectivity index (χ2v) is 6.53. The van der Waals surface area contributed by atoms with Gasteiger partial charge in [0.25, 0.3) is 0 Å². The number of hydrogen-bond donors (Lipinski definition) is 1. The fourth-order valence-electron chi connectivity index (χ4n) is 3.44. The fourth-order valence-corrected chi connectivity index (χ4v) is 3.44. The number of benzene rings is 2. The maximum atomic E-state index is 3.66. The molecular formula is C19H20N2. The molecule has 0 atom stereocenters. The Morgan fingerprint density at radius 3 is 2.48 bits per heavy atom. The number of aromatic nitrogens is 1. The van der Waals surface area contributed by atoms with E-state index in [0.29, 0.717) is 0 Å². The smallest absolute Gasteiger partial charge is 0.0534 e. The van der Waals surface area contributed by atoms with Crippen molar-refractivity contribution in [2.75, 3.05) is 0 Å². The largest absolute Gasteiger partial charge is 0.312 e. The van der Waals surface area contributed by atoms with Crippen molar-refractivity contribution in [2.45, 2.75) is 32.4 Å². The van der Waals surface area contributed by atoms with Gasteiger partial charge in [-0.15, -0.1) is 0 Å². The first kappa shape index (κ1) is 12.7. The lowest BCUT2D eigenvalue weighted by Gasteiger charge is -2.32. The summed E-state index contributed by atoms with van der Waals surface area (Å²) in [6.45, 7) is 5.49. The molecule has 4 rings (SSSR count). The minimum absolute atomic E-state index is 0.165. The van der Waals surface area contributed by atoms with Crippen molar-refractivity contribution in [3.8, 4) is 5.69 Å². The Labute approximate surface area is 125 Å². The van der Waals surface area contributed by atoms with Crippen molar-refractivity contribution < 1.29 is 0 Å². The van der Waals surface area contributed by atoms with Gasteiger partial charge in [-0.3, -0.25) is 0 Å². The molecule has 0 bridgehead atoms. The van der Waals surface area contributed by atoms with Crippen LogP contribution in [0.15, 0.2) is 54.6 Å². The van der Waals surface area contributed by atoms with Crippen LogP contribution in [0.4, 0.5) is 0 Å². The molecule has 2 heteroatoms. The zero-order valence-electron chi connectivity index (χ0n) is 12.6. The van der Waals surface area contributed by atoms with Gasteiger partial charge in [-0.05, 0) is 44.0 Å². The first-order valence-electron chi connectivity index (χ1n) is 7.57. The van der Waals surface area contributed by atoms with Crippen molar-refractivity contribution >= 4 is 10.9 Å². The third kappa shape index (κ3) is 1.98. The minimum atomic E-state index is 0.165. The zero-order valence-corrected chi connectivity index (χ0v) is 12.6. The number of nitrogens with zero attached hydrogens (tertiary/aromatic N) is 1. The minimum Gasteiger partial charge on any atom is -0.312 e. The van der Waals surface area contributed by atoms with E-state index in [1.165, 1.54) is 27.8 Å². The molecule has 0 radical (unpaired) electrons. The quantitative estimate of drug-likeness (QED) is 0.709. The van der Waals surface area contributed by atoms with Gasteiger partial charge in [-0.1, -0.05) is 36.4 Å². The molecule has 0 aliphatic carbocycles. The van der Waals surface area contributed by atoms with E-state index in [1.54, 1.807) is 0 Å². The van der Waals surface area contributed by atoms with E-state index >= 15 is 0 Å². The van der Waals surface area contributed by atoms with Gasteiger partial charge in [0.2, 0.25) is 0 Å². The van der Waals surface area contributed by atoms with Crippen LogP contribution in [0, 0.1) is 0 Å². The van der Waals surface area contributed by atoms with Crippen molar-refractivity contribution in [1.82, 2.24) is 9.88 Å². The molecule has 0 saturated carbocycles. The van der Waals surface area contributed by atoms with E-state index in [2.05, 4.69) is 78.3 Å². The van der Waals surface area contributed by atoms with E-state index < -0.39 is 0 Å². The lowest BCUT2D eigenvalue weighted by molar-refractivity contribution is 0.359. The van der Waals surface area contributed by atoms with Gasteiger partial charge in [0, 0.05) is 28.9 Å². The molecule has 3 aromatic rings. The second kappa shape index (κ2) is 4.47. The van der Waals surface area contributed by atoms with Crippen LogP contribution in [0.3, 0.4) is 0 Å².